The number of hydrogen-bond acceptors (Lipinski definition) is 3. The number of hydrogen-bond donors (Lipinski definition) is 1. The first-order valence-corrected chi connectivity index (χ1v) is 7.32. The Bertz CT molecular complexity index is 359. The van der Waals surface area contributed by atoms with Crippen molar-refractivity contribution in [2.24, 2.45) is 0 Å². The summed E-state index contributed by atoms with van der Waals surface area (Å²) in [7, 11) is 0. The molecule has 18 heavy (non-hydrogen) atoms. The molecule has 0 amide bonds. The first-order valence-electron chi connectivity index (χ1n) is 7.32. The van der Waals surface area contributed by atoms with E-state index in [1.165, 1.54) is 25.7 Å². The number of nitrogens with zero attached hydrogens (tertiary/aromatic N) is 2. The maximum absolute atomic E-state index is 4.74. The number of pyridine rings is 1. The van der Waals surface area contributed by atoms with Crippen LogP contribution in [0.2, 0.25) is 0 Å². The average Bonchev–Trinajstić information content (AvgIpc) is 2.92. The van der Waals surface area contributed by atoms with Gasteiger partial charge >= 0.3 is 0 Å². The van der Waals surface area contributed by atoms with Gasteiger partial charge in [-0.1, -0.05) is 25.8 Å². The molecule has 0 atom stereocenters. The molecule has 1 aliphatic carbocycles. The maximum atomic E-state index is 4.74. The van der Waals surface area contributed by atoms with Crippen molar-refractivity contribution in [1.82, 2.24) is 4.98 Å². The molecule has 1 fully saturated rings. The molecule has 0 bridgehead atoms. The van der Waals surface area contributed by atoms with Gasteiger partial charge in [-0.2, -0.15) is 0 Å². The Hall–Kier alpha value is -1.25. The second-order valence-corrected chi connectivity index (χ2v) is 5.03. The third kappa shape index (κ3) is 3.15. The lowest BCUT2D eigenvalue weighted by Gasteiger charge is -2.29. The monoisotopic (exact) mass is 247 g/mol. The van der Waals surface area contributed by atoms with Gasteiger partial charge in [0.2, 0.25) is 0 Å². The third-order valence-electron chi connectivity index (χ3n) is 3.69. The highest BCUT2D eigenvalue weighted by Gasteiger charge is 2.22. The summed E-state index contributed by atoms with van der Waals surface area (Å²) >= 11 is 0. The van der Waals surface area contributed by atoms with E-state index in [4.69, 9.17) is 4.98 Å². The molecule has 1 aromatic rings. The van der Waals surface area contributed by atoms with E-state index in [0.29, 0.717) is 6.04 Å². The molecule has 1 heterocycles. The van der Waals surface area contributed by atoms with Crippen LogP contribution in [-0.4, -0.2) is 24.1 Å². The van der Waals surface area contributed by atoms with E-state index in [0.717, 1.165) is 31.1 Å². The molecule has 0 aliphatic heterocycles. The van der Waals surface area contributed by atoms with Gasteiger partial charge in [-0.15, -0.1) is 0 Å². The van der Waals surface area contributed by atoms with E-state index < -0.39 is 0 Å². The van der Waals surface area contributed by atoms with Crippen molar-refractivity contribution in [3.05, 3.63) is 18.2 Å². The molecule has 0 spiro atoms. The van der Waals surface area contributed by atoms with Crippen molar-refractivity contribution in [3.63, 3.8) is 0 Å². The zero-order valence-electron chi connectivity index (χ0n) is 11.7. The van der Waals surface area contributed by atoms with Gasteiger partial charge in [0.15, 0.2) is 0 Å². The molecule has 0 unspecified atom stereocenters. The van der Waals surface area contributed by atoms with E-state index in [1.807, 2.05) is 0 Å². The van der Waals surface area contributed by atoms with E-state index in [9.17, 15) is 0 Å². The third-order valence-corrected chi connectivity index (χ3v) is 3.69. The fraction of sp³-hybridized carbons (Fsp3) is 0.667. The molecule has 2 rings (SSSR count). The Morgan fingerprint density at radius 1 is 1.28 bits per heavy atom. The summed E-state index contributed by atoms with van der Waals surface area (Å²) in [4.78, 5) is 7.20. The fourth-order valence-corrected chi connectivity index (χ4v) is 2.76. The smallest absolute Gasteiger partial charge is 0.131 e. The second-order valence-electron chi connectivity index (χ2n) is 5.03. The molecule has 3 nitrogen and oxygen atoms in total. The number of anilines is 2. The molecule has 1 aromatic heterocycles. The van der Waals surface area contributed by atoms with Gasteiger partial charge in [-0.25, -0.2) is 4.98 Å². The van der Waals surface area contributed by atoms with Gasteiger partial charge in [-0.3, -0.25) is 0 Å². The largest absolute Gasteiger partial charge is 0.370 e. The maximum Gasteiger partial charge on any atom is 0.131 e. The van der Waals surface area contributed by atoms with Crippen LogP contribution < -0.4 is 10.2 Å². The van der Waals surface area contributed by atoms with Crippen LogP contribution in [0.3, 0.4) is 0 Å². The number of nitrogens with one attached hydrogen (secondary N) is 1. The molecular formula is C15H25N3. The van der Waals surface area contributed by atoms with Crippen LogP contribution in [0.1, 0.15) is 46.0 Å². The highest BCUT2D eigenvalue weighted by atomic mass is 15.2. The molecule has 100 valence electrons. The Labute approximate surface area is 111 Å². The first-order chi connectivity index (χ1) is 8.85. The van der Waals surface area contributed by atoms with Crippen LogP contribution in [0.5, 0.6) is 0 Å². The predicted molar refractivity (Wildman–Crippen MR) is 78.3 cm³/mol. The summed E-state index contributed by atoms with van der Waals surface area (Å²) in [5.74, 6) is 2.14. The van der Waals surface area contributed by atoms with Crippen LogP contribution >= 0.6 is 0 Å². The van der Waals surface area contributed by atoms with Gasteiger partial charge in [0.05, 0.1) is 0 Å². The molecule has 1 aliphatic rings. The van der Waals surface area contributed by atoms with E-state index in [2.05, 4.69) is 42.3 Å². The lowest BCUT2D eigenvalue weighted by atomic mass is 10.2. The summed E-state index contributed by atoms with van der Waals surface area (Å²) < 4.78 is 0. The molecule has 0 aromatic carbocycles. The zero-order valence-corrected chi connectivity index (χ0v) is 11.7. The van der Waals surface area contributed by atoms with Crippen LogP contribution in [0.4, 0.5) is 11.6 Å². The van der Waals surface area contributed by atoms with Crippen LogP contribution in [0.25, 0.3) is 0 Å². The zero-order chi connectivity index (χ0) is 12.8. The summed E-state index contributed by atoms with van der Waals surface area (Å²) in [5, 5.41) is 3.37. The summed E-state index contributed by atoms with van der Waals surface area (Å²) in [6, 6.07) is 7.00. The molecule has 3 heteroatoms. The topological polar surface area (TPSA) is 28.2 Å². The highest BCUT2D eigenvalue weighted by molar-refractivity contribution is 5.47. The van der Waals surface area contributed by atoms with Crippen LogP contribution in [-0.2, 0) is 0 Å². The predicted octanol–water partition coefficient (Wildman–Crippen LogP) is 3.67. The molecule has 1 saturated carbocycles. The molecular weight excluding hydrogens is 222 g/mol. The first kappa shape index (κ1) is 13.2. The lowest BCUT2D eigenvalue weighted by molar-refractivity contribution is 0.613. The standard InChI is InChI=1S/C15H25N3/c1-3-12-16-14-10-7-11-15(17-14)18(4-2)13-8-5-6-9-13/h7,10-11,13H,3-6,8-9,12H2,1-2H3,(H,16,17). The molecule has 1 N–H and O–H groups in total. The minimum atomic E-state index is 0.698. The van der Waals surface area contributed by atoms with Crippen LogP contribution in [0.15, 0.2) is 18.2 Å². The number of aromatic nitrogens is 1. The van der Waals surface area contributed by atoms with E-state index >= 15 is 0 Å². The number of rotatable bonds is 6. The van der Waals surface area contributed by atoms with Gasteiger partial charge in [0.1, 0.15) is 11.6 Å². The van der Waals surface area contributed by atoms with Gasteiger partial charge < -0.3 is 10.2 Å². The summed E-state index contributed by atoms with van der Waals surface area (Å²) in [6.45, 7) is 6.45. The quantitative estimate of drug-likeness (QED) is 0.831. The van der Waals surface area contributed by atoms with Crippen molar-refractivity contribution in [2.45, 2.75) is 52.0 Å². The van der Waals surface area contributed by atoms with Gasteiger partial charge in [-0.05, 0) is 38.3 Å². The summed E-state index contributed by atoms with van der Waals surface area (Å²) in [5.41, 5.74) is 0. The summed E-state index contributed by atoms with van der Waals surface area (Å²) in [6.07, 6.45) is 6.51. The van der Waals surface area contributed by atoms with E-state index in [-0.39, 0.29) is 0 Å². The highest BCUT2D eigenvalue weighted by Crippen LogP contribution is 2.27. The average molecular weight is 247 g/mol. The fourth-order valence-electron chi connectivity index (χ4n) is 2.76. The Morgan fingerprint density at radius 2 is 2.06 bits per heavy atom. The Balaban J connectivity index is 2.09. The normalized spacial score (nSPS) is 15.9. The van der Waals surface area contributed by atoms with Crippen molar-refractivity contribution >= 4 is 11.6 Å². The van der Waals surface area contributed by atoms with Gasteiger partial charge in [0.25, 0.3) is 0 Å². The minimum absolute atomic E-state index is 0.698. The second kappa shape index (κ2) is 6.62. The SMILES string of the molecule is CCCNc1cccc(N(CC)C2CCCC2)n1. The lowest BCUT2D eigenvalue weighted by Crippen LogP contribution is -2.33. The van der Waals surface area contributed by atoms with Gasteiger partial charge in [0, 0.05) is 19.1 Å². The van der Waals surface area contributed by atoms with Crippen LogP contribution in [0, 0.1) is 0 Å². The van der Waals surface area contributed by atoms with Crippen molar-refractivity contribution in [2.75, 3.05) is 23.3 Å². The van der Waals surface area contributed by atoms with Crippen molar-refractivity contribution in [1.29, 1.82) is 0 Å². The minimum Gasteiger partial charge on any atom is -0.370 e. The van der Waals surface area contributed by atoms with Crippen molar-refractivity contribution < 1.29 is 0 Å². The Kier molecular flexibility index (Phi) is 4.85. The molecule has 0 radical (unpaired) electrons. The molecule has 0 saturated heterocycles. The van der Waals surface area contributed by atoms with E-state index in [1.54, 1.807) is 0 Å². The van der Waals surface area contributed by atoms with Crippen molar-refractivity contribution in [3.8, 4) is 0 Å². The Morgan fingerprint density at radius 3 is 2.72 bits per heavy atom.